The summed E-state index contributed by atoms with van der Waals surface area (Å²) in [5, 5.41) is 5.50. The van der Waals surface area contributed by atoms with Gasteiger partial charge in [0.25, 0.3) is 0 Å². The van der Waals surface area contributed by atoms with Gasteiger partial charge in [0, 0.05) is 0 Å². The number of hydrogen-bond donors (Lipinski definition) is 0. The largest absolute Gasteiger partial charge is 0.100 e. The first-order valence-electron chi connectivity index (χ1n) is 9.01. The van der Waals surface area contributed by atoms with Gasteiger partial charge in [0.1, 0.15) is 4.64 Å². The molecule has 3 rings (SSSR count). The van der Waals surface area contributed by atoms with Crippen LogP contribution in [0.2, 0.25) is 0 Å². The van der Waals surface area contributed by atoms with Crippen LogP contribution in [-0.2, 0) is 0 Å². The number of hydrogen-bond acceptors (Lipinski definition) is 0. The maximum Gasteiger partial charge on any atom is 0.100 e. The molecule has 136 valence electrons. The maximum atomic E-state index is 2.47. The number of rotatable bonds is 0. The van der Waals surface area contributed by atoms with Gasteiger partial charge in [0.05, 0.1) is 0 Å². The minimum Gasteiger partial charge on any atom is -0.0734 e. The standard InChI is InChI=1S/C20H36P4/c1-16(2,3)13-21-20(19(10,11)12)22-14(17(4,5)6)24(13)15(23-20)18(7,8)9/h1-12H3. The van der Waals surface area contributed by atoms with Crippen LogP contribution in [0.5, 0.6) is 0 Å². The molecule has 0 nitrogen and oxygen atoms in total. The predicted molar refractivity (Wildman–Crippen MR) is 123 cm³/mol. The van der Waals surface area contributed by atoms with Gasteiger partial charge in [0.15, 0.2) is 0 Å². The van der Waals surface area contributed by atoms with E-state index in [1.54, 1.807) is 24.6 Å². The zero-order valence-electron chi connectivity index (χ0n) is 17.8. The Morgan fingerprint density at radius 1 is 0.542 bits per heavy atom. The van der Waals surface area contributed by atoms with Crippen LogP contribution in [0.4, 0.5) is 0 Å². The molecule has 0 saturated heterocycles. The van der Waals surface area contributed by atoms with E-state index in [1.807, 2.05) is 15.1 Å². The molecule has 0 aromatic rings. The fourth-order valence-electron chi connectivity index (χ4n) is 2.98. The summed E-state index contributed by atoms with van der Waals surface area (Å²) in [6, 6.07) is 0. The van der Waals surface area contributed by atoms with Gasteiger partial charge in [-0.15, -0.1) is 0 Å². The van der Waals surface area contributed by atoms with Gasteiger partial charge in [-0.25, -0.2) is 0 Å². The lowest BCUT2D eigenvalue weighted by Crippen LogP contribution is -2.42. The highest BCUT2D eigenvalue weighted by molar-refractivity contribution is 8.22. The molecule has 0 aromatic carbocycles. The Morgan fingerprint density at radius 3 is 0.958 bits per heavy atom. The lowest BCUT2D eigenvalue weighted by atomic mass is 9.98. The molecule has 0 atom stereocenters. The Hall–Kier alpha value is 0.940. The fraction of sp³-hybridized carbons (Fsp3) is 0.850. The molecule has 0 spiro atoms. The van der Waals surface area contributed by atoms with Crippen molar-refractivity contribution in [1.29, 1.82) is 0 Å². The predicted octanol–water partition coefficient (Wildman–Crippen LogP) is 8.56. The summed E-state index contributed by atoms with van der Waals surface area (Å²) in [6.07, 6.45) is 0. The summed E-state index contributed by atoms with van der Waals surface area (Å²) in [5.41, 5.74) is 1.19. The third-order valence-electron chi connectivity index (χ3n) is 4.44. The smallest absolute Gasteiger partial charge is 0.0734 e. The van der Waals surface area contributed by atoms with Crippen LogP contribution < -0.4 is 0 Å². The second kappa shape index (κ2) is 5.97. The SMILES string of the molecule is CC(C)(C)C1=PC2(C(C)(C)C)P=C(C(C)(C)C)P1C(C(C)(C)C)=P2. The van der Waals surface area contributed by atoms with E-state index in [2.05, 4.69) is 83.1 Å². The normalized spacial score (nSPS) is 30.5. The Balaban J connectivity index is 2.86. The van der Waals surface area contributed by atoms with Crippen LogP contribution in [0.1, 0.15) is 83.1 Å². The van der Waals surface area contributed by atoms with E-state index in [0.717, 1.165) is 0 Å². The van der Waals surface area contributed by atoms with Crippen molar-refractivity contribution >= 4 is 47.6 Å². The van der Waals surface area contributed by atoms with Gasteiger partial charge < -0.3 is 0 Å². The van der Waals surface area contributed by atoms with Crippen molar-refractivity contribution in [3.8, 4) is 0 Å². The van der Waals surface area contributed by atoms with Crippen molar-refractivity contribution in [2.24, 2.45) is 21.7 Å². The highest BCUT2D eigenvalue weighted by Gasteiger charge is 2.54. The zero-order valence-corrected chi connectivity index (χ0v) is 21.4. The molecule has 0 radical (unpaired) electrons. The van der Waals surface area contributed by atoms with Gasteiger partial charge in [-0.1, -0.05) is 108 Å². The third kappa shape index (κ3) is 3.66. The first-order valence-corrected chi connectivity index (χ1v) is 13.0. The highest BCUT2D eigenvalue weighted by Crippen LogP contribution is 2.77. The molecule has 24 heavy (non-hydrogen) atoms. The van der Waals surface area contributed by atoms with E-state index < -0.39 is 0 Å². The molecule has 0 aliphatic carbocycles. The maximum absolute atomic E-state index is 2.47. The highest BCUT2D eigenvalue weighted by atomic mass is 31.2. The average molecular weight is 400 g/mol. The molecule has 4 heteroatoms. The summed E-state index contributed by atoms with van der Waals surface area (Å²) in [7, 11) is 4.69. The van der Waals surface area contributed by atoms with Crippen molar-refractivity contribution in [2.75, 3.05) is 0 Å². The monoisotopic (exact) mass is 400 g/mol. The first kappa shape index (κ1) is 21.2. The summed E-state index contributed by atoms with van der Waals surface area (Å²) >= 11 is 0. The Morgan fingerprint density at radius 2 is 0.792 bits per heavy atom. The van der Waals surface area contributed by atoms with Crippen LogP contribution in [0.15, 0.2) is 0 Å². The zero-order chi connectivity index (χ0) is 18.9. The van der Waals surface area contributed by atoms with Crippen molar-refractivity contribution in [3.05, 3.63) is 0 Å². The van der Waals surface area contributed by atoms with Crippen molar-refractivity contribution in [3.63, 3.8) is 0 Å². The molecule has 3 heterocycles. The topological polar surface area (TPSA) is 0 Å². The molecular formula is C20H36P4. The molecule has 3 aliphatic rings. The van der Waals surface area contributed by atoms with Gasteiger partial charge in [0.2, 0.25) is 0 Å². The summed E-state index contributed by atoms with van der Waals surface area (Å²) < 4.78 is 0.331. The van der Waals surface area contributed by atoms with Crippen molar-refractivity contribution in [1.82, 2.24) is 0 Å². The minimum atomic E-state index is -0.224. The Labute approximate surface area is 157 Å². The van der Waals surface area contributed by atoms with Crippen LogP contribution in [0, 0.1) is 21.7 Å². The molecule has 0 aromatic heterocycles. The molecule has 0 amide bonds. The third-order valence-corrected chi connectivity index (χ3v) is 17.8. The minimum absolute atomic E-state index is 0.224. The molecule has 0 saturated carbocycles. The lowest BCUT2D eigenvalue weighted by molar-refractivity contribution is 0.435. The van der Waals surface area contributed by atoms with Crippen LogP contribution >= 0.6 is 32.5 Å². The Bertz CT molecular complexity index is 544. The van der Waals surface area contributed by atoms with E-state index in [4.69, 9.17) is 0 Å². The van der Waals surface area contributed by atoms with E-state index in [9.17, 15) is 0 Å². The van der Waals surface area contributed by atoms with Gasteiger partial charge >= 0.3 is 0 Å². The molecular weight excluding hydrogens is 364 g/mol. The van der Waals surface area contributed by atoms with E-state index in [1.165, 1.54) is 0 Å². The second-order valence-electron chi connectivity index (χ2n) is 11.3. The van der Waals surface area contributed by atoms with E-state index in [0.29, 0.717) is 26.3 Å². The van der Waals surface area contributed by atoms with E-state index in [-0.39, 0.29) is 7.92 Å². The van der Waals surface area contributed by atoms with Gasteiger partial charge in [-0.2, -0.15) is 0 Å². The van der Waals surface area contributed by atoms with Gasteiger partial charge in [-0.3, -0.25) is 0 Å². The van der Waals surface area contributed by atoms with Crippen LogP contribution in [-0.4, -0.2) is 19.7 Å². The van der Waals surface area contributed by atoms with Crippen LogP contribution in [0.3, 0.4) is 0 Å². The fourth-order valence-corrected chi connectivity index (χ4v) is 17.4. The average Bonchev–Trinajstić information content (AvgIpc) is 2.33. The summed E-state index contributed by atoms with van der Waals surface area (Å²) in [5.74, 6) is 0. The summed E-state index contributed by atoms with van der Waals surface area (Å²) in [6.45, 7) is 29.4. The Kier molecular flexibility index (Phi) is 5.28. The van der Waals surface area contributed by atoms with Crippen molar-refractivity contribution < 1.29 is 0 Å². The first-order chi connectivity index (χ1) is 10.4. The molecule has 0 unspecified atom stereocenters. The quantitative estimate of drug-likeness (QED) is 0.357. The molecule has 3 aliphatic heterocycles. The van der Waals surface area contributed by atoms with Crippen molar-refractivity contribution in [2.45, 2.75) is 87.7 Å². The van der Waals surface area contributed by atoms with E-state index >= 15 is 0 Å². The molecule has 2 bridgehead atoms. The molecule has 0 N–H and O–H groups in total. The second-order valence-corrected chi connectivity index (χ2v) is 19.4. The van der Waals surface area contributed by atoms with Gasteiger partial charge in [-0.05, 0) is 44.7 Å². The summed E-state index contributed by atoms with van der Waals surface area (Å²) in [4.78, 5) is 0. The molecule has 0 fully saturated rings. The lowest BCUT2D eigenvalue weighted by Gasteiger charge is -2.53. The van der Waals surface area contributed by atoms with Crippen LogP contribution in [0.25, 0.3) is 0 Å².